The number of anilines is 2. The molecule has 3 aromatic carbocycles. The first-order valence-electron chi connectivity index (χ1n) is 8.66. The van der Waals surface area contributed by atoms with Crippen LogP contribution in [0.5, 0.6) is 5.75 Å². The van der Waals surface area contributed by atoms with Gasteiger partial charge in [0, 0.05) is 17.9 Å². The molecule has 3 heteroatoms. The summed E-state index contributed by atoms with van der Waals surface area (Å²) in [6.07, 6.45) is 1.07. The van der Waals surface area contributed by atoms with Gasteiger partial charge in [-0.1, -0.05) is 43.0 Å². The Morgan fingerprint density at radius 1 is 1.00 bits per heavy atom. The molecule has 0 saturated heterocycles. The molecule has 1 heterocycles. The maximum absolute atomic E-state index is 14.0. The van der Waals surface area contributed by atoms with Crippen molar-refractivity contribution >= 4 is 16.9 Å². The zero-order valence-electron chi connectivity index (χ0n) is 14.7. The number of fused-ring (bicyclic) bond motifs is 1. The Labute approximate surface area is 153 Å². The van der Waals surface area contributed by atoms with Gasteiger partial charge in [0.25, 0.3) is 0 Å². The summed E-state index contributed by atoms with van der Waals surface area (Å²) in [5, 5.41) is 0. The highest BCUT2D eigenvalue weighted by Crippen LogP contribution is 2.35. The molecule has 26 heavy (non-hydrogen) atoms. The number of hydrogen-bond donors (Lipinski definition) is 0. The van der Waals surface area contributed by atoms with Gasteiger partial charge in [0.15, 0.2) is 11.6 Å². The topological polar surface area (TPSA) is 12.5 Å². The van der Waals surface area contributed by atoms with Crippen molar-refractivity contribution in [3.05, 3.63) is 95.8 Å². The number of methoxy groups -OCH3 is 1. The predicted molar refractivity (Wildman–Crippen MR) is 105 cm³/mol. The minimum atomic E-state index is -0.378. The zero-order chi connectivity index (χ0) is 18.1. The van der Waals surface area contributed by atoms with Gasteiger partial charge in [-0.25, -0.2) is 4.39 Å². The maximum atomic E-state index is 14.0. The van der Waals surface area contributed by atoms with E-state index in [1.54, 1.807) is 6.07 Å². The van der Waals surface area contributed by atoms with Gasteiger partial charge in [0.1, 0.15) is 0 Å². The van der Waals surface area contributed by atoms with Crippen molar-refractivity contribution in [3.8, 4) is 5.75 Å². The van der Waals surface area contributed by atoms with Crippen LogP contribution in [0.4, 0.5) is 15.8 Å². The van der Waals surface area contributed by atoms with E-state index in [9.17, 15) is 4.39 Å². The van der Waals surface area contributed by atoms with Crippen molar-refractivity contribution < 1.29 is 9.13 Å². The number of ether oxygens (including phenoxy) is 1. The first-order valence-corrected chi connectivity index (χ1v) is 8.66. The second kappa shape index (κ2) is 6.68. The van der Waals surface area contributed by atoms with Crippen LogP contribution in [0.15, 0.2) is 73.3 Å². The Morgan fingerprint density at radius 2 is 1.73 bits per heavy atom. The molecular formula is C23H20FNO. The lowest BCUT2D eigenvalue weighted by molar-refractivity contribution is 0.386. The minimum Gasteiger partial charge on any atom is -0.494 e. The highest BCUT2D eigenvalue weighted by Gasteiger charge is 2.19. The van der Waals surface area contributed by atoms with Crippen LogP contribution in [0.3, 0.4) is 0 Å². The number of hydrogen-bond acceptors (Lipinski definition) is 2. The first-order chi connectivity index (χ1) is 12.7. The van der Waals surface area contributed by atoms with E-state index >= 15 is 0 Å². The fourth-order valence-electron chi connectivity index (χ4n) is 3.47. The van der Waals surface area contributed by atoms with Crippen LogP contribution >= 0.6 is 0 Å². The molecule has 2 nitrogen and oxygen atoms in total. The molecule has 0 aromatic heterocycles. The lowest BCUT2D eigenvalue weighted by Gasteiger charge is -2.20. The Balaban J connectivity index is 1.58. The van der Waals surface area contributed by atoms with E-state index in [-0.39, 0.29) is 11.6 Å². The highest BCUT2D eigenvalue weighted by molar-refractivity contribution is 5.80. The molecule has 1 aliphatic heterocycles. The molecule has 0 unspecified atom stereocenters. The van der Waals surface area contributed by atoms with Gasteiger partial charge < -0.3 is 9.64 Å². The fraction of sp³-hybridized carbons (Fsp3) is 0.130. The third kappa shape index (κ3) is 2.86. The van der Waals surface area contributed by atoms with Gasteiger partial charge in [0.2, 0.25) is 0 Å². The van der Waals surface area contributed by atoms with Gasteiger partial charge in [-0.3, -0.25) is 0 Å². The number of benzene rings is 3. The predicted octanol–water partition coefficient (Wildman–Crippen LogP) is 5.59. The highest BCUT2D eigenvalue weighted by atomic mass is 19.1. The van der Waals surface area contributed by atoms with Crippen LogP contribution in [-0.2, 0) is 6.42 Å². The first kappa shape index (κ1) is 16.4. The van der Waals surface area contributed by atoms with Crippen molar-refractivity contribution in [1.29, 1.82) is 0 Å². The molecule has 0 atom stereocenters. The van der Waals surface area contributed by atoms with E-state index < -0.39 is 0 Å². The number of para-hydroxylation sites is 1. The van der Waals surface area contributed by atoms with Crippen LogP contribution in [0.25, 0.3) is 5.57 Å². The molecule has 0 amide bonds. The Hall–Kier alpha value is -3.07. The average molecular weight is 345 g/mol. The molecule has 1 aliphatic rings. The lowest BCUT2D eigenvalue weighted by Crippen LogP contribution is -2.12. The second-order valence-electron chi connectivity index (χ2n) is 6.41. The van der Waals surface area contributed by atoms with Crippen LogP contribution in [0.2, 0.25) is 0 Å². The van der Waals surface area contributed by atoms with E-state index in [1.165, 1.54) is 24.4 Å². The summed E-state index contributed by atoms with van der Waals surface area (Å²) < 4.78 is 18.9. The fourth-order valence-corrected chi connectivity index (χ4v) is 3.47. The standard InChI is InChI=1S/C23H20FNO/c1-16(19-9-12-23(26-2)21(24)15-19)17-7-10-20(11-8-17)25-14-13-18-5-3-4-6-22(18)25/h3-12,15H,1,13-14H2,2H3. The van der Waals surface area contributed by atoms with Crippen LogP contribution in [-0.4, -0.2) is 13.7 Å². The van der Waals surface area contributed by atoms with Gasteiger partial charge in [-0.2, -0.15) is 0 Å². The van der Waals surface area contributed by atoms with Crippen molar-refractivity contribution in [2.75, 3.05) is 18.6 Å². The smallest absolute Gasteiger partial charge is 0.165 e. The molecule has 4 rings (SSSR count). The summed E-state index contributed by atoms with van der Waals surface area (Å²) in [7, 11) is 1.46. The van der Waals surface area contributed by atoms with E-state index in [1.807, 2.05) is 18.2 Å². The normalized spacial score (nSPS) is 12.8. The van der Waals surface area contributed by atoms with Crippen LogP contribution < -0.4 is 9.64 Å². The molecular weight excluding hydrogens is 325 g/mol. The summed E-state index contributed by atoms with van der Waals surface area (Å²) >= 11 is 0. The molecule has 0 N–H and O–H groups in total. The van der Waals surface area contributed by atoms with Gasteiger partial charge in [-0.15, -0.1) is 0 Å². The number of nitrogens with zero attached hydrogens (tertiary/aromatic N) is 1. The molecule has 0 bridgehead atoms. The molecule has 0 spiro atoms. The summed E-state index contributed by atoms with van der Waals surface area (Å²) in [6.45, 7) is 5.12. The van der Waals surface area contributed by atoms with Crippen molar-refractivity contribution in [2.45, 2.75) is 6.42 Å². The molecule has 130 valence electrons. The summed E-state index contributed by atoms with van der Waals surface area (Å²) in [5.41, 5.74) is 6.34. The molecule has 3 aromatic rings. The van der Waals surface area contributed by atoms with Gasteiger partial charge in [-0.05, 0) is 59.0 Å². The quantitative estimate of drug-likeness (QED) is 0.611. The average Bonchev–Trinajstić information content (AvgIpc) is 3.11. The van der Waals surface area contributed by atoms with E-state index in [0.717, 1.165) is 35.4 Å². The third-order valence-electron chi connectivity index (χ3n) is 4.91. The third-order valence-corrected chi connectivity index (χ3v) is 4.91. The van der Waals surface area contributed by atoms with Crippen LogP contribution in [0, 0.1) is 5.82 Å². The van der Waals surface area contributed by atoms with Gasteiger partial charge in [0.05, 0.1) is 7.11 Å². The van der Waals surface area contributed by atoms with E-state index in [0.29, 0.717) is 0 Å². The zero-order valence-corrected chi connectivity index (χ0v) is 14.7. The monoisotopic (exact) mass is 345 g/mol. The largest absolute Gasteiger partial charge is 0.494 e. The lowest BCUT2D eigenvalue weighted by atomic mass is 9.99. The van der Waals surface area contributed by atoms with E-state index in [4.69, 9.17) is 4.74 Å². The number of halogens is 1. The second-order valence-corrected chi connectivity index (χ2v) is 6.41. The summed E-state index contributed by atoms with van der Waals surface area (Å²) in [4.78, 5) is 2.33. The van der Waals surface area contributed by atoms with Crippen LogP contribution in [0.1, 0.15) is 16.7 Å². The number of rotatable bonds is 4. The van der Waals surface area contributed by atoms with Crippen molar-refractivity contribution in [3.63, 3.8) is 0 Å². The molecule has 0 saturated carbocycles. The minimum absolute atomic E-state index is 0.240. The summed E-state index contributed by atoms with van der Waals surface area (Å²) in [6, 6.07) is 21.7. The molecule has 0 radical (unpaired) electrons. The molecule has 0 aliphatic carbocycles. The van der Waals surface area contributed by atoms with Crippen molar-refractivity contribution in [2.24, 2.45) is 0 Å². The Morgan fingerprint density at radius 3 is 2.46 bits per heavy atom. The van der Waals surface area contributed by atoms with Crippen molar-refractivity contribution in [1.82, 2.24) is 0 Å². The Bertz CT molecular complexity index is 962. The van der Waals surface area contributed by atoms with E-state index in [2.05, 4.69) is 47.9 Å². The SMILES string of the molecule is C=C(c1ccc(N2CCc3ccccc32)cc1)c1ccc(OC)c(F)c1. The summed E-state index contributed by atoms with van der Waals surface area (Å²) in [5.74, 6) is -0.138. The molecule has 0 fully saturated rings. The van der Waals surface area contributed by atoms with Gasteiger partial charge >= 0.3 is 0 Å². The maximum Gasteiger partial charge on any atom is 0.165 e. The Kier molecular flexibility index (Phi) is 4.21.